The highest BCUT2D eigenvalue weighted by molar-refractivity contribution is 7.80. The van der Waals surface area contributed by atoms with E-state index >= 15 is 0 Å². The Labute approximate surface area is 180 Å². The summed E-state index contributed by atoms with van der Waals surface area (Å²) in [6.07, 6.45) is 8.04. The molecule has 1 aromatic heterocycles. The third kappa shape index (κ3) is 3.90. The molecule has 4 saturated carbocycles. The molecule has 154 valence electrons. The molecule has 4 aliphatic rings. The highest BCUT2D eigenvalue weighted by Gasteiger charge is 2.51. The van der Waals surface area contributed by atoms with Crippen molar-refractivity contribution in [1.82, 2.24) is 5.32 Å². The third-order valence-corrected chi connectivity index (χ3v) is 8.20. The minimum Gasteiger partial charge on any atom is -0.465 e. The Morgan fingerprint density at radius 1 is 1.24 bits per heavy atom. The maximum Gasteiger partial charge on any atom is 0.348 e. The van der Waals surface area contributed by atoms with Gasteiger partial charge in [-0.05, 0) is 86.4 Å². The second-order valence-corrected chi connectivity index (χ2v) is 10.4. The van der Waals surface area contributed by atoms with Gasteiger partial charge >= 0.3 is 5.97 Å². The summed E-state index contributed by atoms with van der Waals surface area (Å²) in [5.74, 6) is 1.83. The Morgan fingerprint density at radius 2 is 1.83 bits per heavy atom. The standard InChI is InChI=1S/C21H25N3O3S2/c1-11-15(10-22)18(29-17(11)19(26)27-2)24-20(28)23-16(25)9-21-6-12-3-13(7-21)5-14(4-12)8-21/h12-14H,3-9H2,1-2H3,(H2,23,24,25,28). The van der Waals surface area contributed by atoms with Crippen LogP contribution < -0.4 is 10.6 Å². The molecule has 0 radical (unpaired) electrons. The van der Waals surface area contributed by atoms with Crippen molar-refractivity contribution in [2.45, 2.75) is 51.9 Å². The van der Waals surface area contributed by atoms with Crippen LogP contribution in [0, 0.1) is 41.4 Å². The molecule has 29 heavy (non-hydrogen) atoms. The number of esters is 1. The molecule has 0 aliphatic heterocycles. The number of hydrogen-bond donors (Lipinski definition) is 2. The fourth-order valence-corrected chi connectivity index (χ4v) is 7.54. The number of anilines is 1. The highest BCUT2D eigenvalue weighted by atomic mass is 32.1. The number of carbonyl (C=O) groups is 2. The van der Waals surface area contributed by atoms with E-state index in [0.717, 1.165) is 29.1 Å². The number of ether oxygens (including phenoxy) is 1. The first-order valence-corrected chi connectivity index (χ1v) is 11.3. The van der Waals surface area contributed by atoms with E-state index in [0.29, 0.717) is 27.4 Å². The Bertz CT molecular complexity index is 880. The van der Waals surface area contributed by atoms with Crippen molar-refractivity contribution >= 4 is 45.5 Å². The molecule has 0 spiro atoms. The van der Waals surface area contributed by atoms with Crippen LogP contribution >= 0.6 is 23.6 Å². The first kappa shape index (κ1) is 20.3. The van der Waals surface area contributed by atoms with E-state index in [1.807, 2.05) is 0 Å². The summed E-state index contributed by atoms with van der Waals surface area (Å²) in [6, 6.07) is 2.09. The van der Waals surface area contributed by atoms with E-state index in [9.17, 15) is 14.9 Å². The first-order chi connectivity index (χ1) is 13.8. The average molecular weight is 432 g/mol. The minimum absolute atomic E-state index is 0.0653. The normalized spacial score (nSPS) is 29.2. The quantitative estimate of drug-likeness (QED) is 0.550. The van der Waals surface area contributed by atoms with Crippen molar-refractivity contribution in [2.75, 3.05) is 12.4 Å². The van der Waals surface area contributed by atoms with Crippen molar-refractivity contribution in [3.63, 3.8) is 0 Å². The summed E-state index contributed by atoms with van der Waals surface area (Å²) >= 11 is 6.42. The lowest BCUT2D eigenvalue weighted by Crippen LogP contribution is -2.48. The van der Waals surface area contributed by atoms with Gasteiger partial charge in [-0.1, -0.05) is 0 Å². The van der Waals surface area contributed by atoms with Crippen LogP contribution in [0.15, 0.2) is 0 Å². The van der Waals surface area contributed by atoms with Crippen LogP contribution in [0.5, 0.6) is 0 Å². The monoisotopic (exact) mass is 431 g/mol. The number of nitrogens with zero attached hydrogens (tertiary/aromatic N) is 1. The van der Waals surface area contributed by atoms with Gasteiger partial charge in [0.05, 0.1) is 12.7 Å². The van der Waals surface area contributed by atoms with Crippen molar-refractivity contribution in [1.29, 1.82) is 5.26 Å². The molecule has 4 bridgehead atoms. The van der Waals surface area contributed by atoms with Crippen LogP contribution in [0.4, 0.5) is 5.00 Å². The topological polar surface area (TPSA) is 91.2 Å². The Balaban J connectivity index is 1.40. The van der Waals surface area contributed by atoms with Crippen molar-refractivity contribution in [2.24, 2.45) is 23.2 Å². The highest BCUT2D eigenvalue weighted by Crippen LogP contribution is 2.61. The number of nitrogens with one attached hydrogen (secondary N) is 2. The van der Waals surface area contributed by atoms with Gasteiger partial charge in [0, 0.05) is 6.42 Å². The second kappa shape index (κ2) is 7.69. The largest absolute Gasteiger partial charge is 0.465 e. The number of thiophene rings is 1. The van der Waals surface area contributed by atoms with Crippen LogP contribution in [-0.2, 0) is 9.53 Å². The molecule has 4 fully saturated rings. The predicted molar refractivity (Wildman–Crippen MR) is 115 cm³/mol. The molecular weight excluding hydrogens is 406 g/mol. The Hall–Kier alpha value is -1.98. The number of hydrogen-bond acceptors (Lipinski definition) is 6. The maximum atomic E-state index is 12.7. The van der Waals surface area contributed by atoms with Gasteiger partial charge < -0.3 is 15.4 Å². The van der Waals surface area contributed by atoms with Gasteiger partial charge in [0.25, 0.3) is 0 Å². The molecule has 1 heterocycles. The summed E-state index contributed by atoms with van der Waals surface area (Å²) in [6.45, 7) is 1.70. The number of carbonyl (C=O) groups excluding carboxylic acids is 2. The van der Waals surface area contributed by atoms with Crippen molar-refractivity contribution in [3.8, 4) is 6.07 Å². The smallest absolute Gasteiger partial charge is 0.348 e. The Morgan fingerprint density at radius 3 is 2.34 bits per heavy atom. The Kier molecular flexibility index (Phi) is 5.38. The van der Waals surface area contributed by atoms with E-state index in [1.165, 1.54) is 45.6 Å². The number of nitriles is 1. The minimum atomic E-state index is -0.492. The molecular formula is C21H25N3O3S2. The van der Waals surface area contributed by atoms with Crippen LogP contribution in [-0.4, -0.2) is 24.1 Å². The average Bonchev–Trinajstić information content (AvgIpc) is 2.94. The van der Waals surface area contributed by atoms with Gasteiger partial charge in [-0.15, -0.1) is 11.3 Å². The van der Waals surface area contributed by atoms with Crippen molar-refractivity contribution in [3.05, 3.63) is 16.0 Å². The number of methoxy groups -OCH3 is 1. The van der Waals surface area contributed by atoms with Gasteiger partial charge in [-0.2, -0.15) is 5.26 Å². The molecule has 1 amide bonds. The lowest BCUT2D eigenvalue weighted by atomic mass is 9.49. The molecule has 6 nitrogen and oxygen atoms in total. The molecule has 5 rings (SSSR count). The molecule has 1 aromatic rings. The molecule has 2 N–H and O–H groups in total. The summed E-state index contributed by atoms with van der Waals surface area (Å²) in [5.41, 5.74) is 1.03. The predicted octanol–water partition coefficient (Wildman–Crippen LogP) is 4.13. The summed E-state index contributed by atoms with van der Waals surface area (Å²) in [7, 11) is 1.30. The van der Waals surface area contributed by atoms with Gasteiger partial charge in [-0.3, -0.25) is 4.79 Å². The van der Waals surface area contributed by atoms with E-state index in [4.69, 9.17) is 17.0 Å². The van der Waals surface area contributed by atoms with E-state index in [1.54, 1.807) is 6.92 Å². The van der Waals surface area contributed by atoms with Crippen LogP contribution in [0.2, 0.25) is 0 Å². The lowest BCUT2D eigenvalue weighted by molar-refractivity contribution is -0.127. The fraction of sp³-hybridized carbons (Fsp3) is 0.619. The number of thiocarbonyl (C=S) groups is 1. The zero-order valence-corrected chi connectivity index (χ0v) is 18.3. The second-order valence-electron chi connectivity index (χ2n) is 8.96. The lowest BCUT2D eigenvalue weighted by Gasteiger charge is -2.56. The van der Waals surface area contributed by atoms with Crippen LogP contribution in [0.3, 0.4) is 0 Å². The van der Waals surface area contributed by atoms with Gasteiger partial charge in [0.1, 0.15) is 15.9 Å². The van der Waals surface area contributed by atoms with Gasteiger partial charge in [0.15, 0.2) is 5.11 Å². The zero-order valence-electron chi connectivity index (χ0n) is 16.7. The summed E-state index contributed by atoms with van der Waals surface area (Å²) in [5, 5.41) is 15.8. The fourth-order valence-electron chi connectivity index (χ4n) is 6.18. The van der Waals surface area contributed by atoms with Gasteiger partial charge in [-0.25, -0.2) is 4.79 Å². The molecule has 8 heteroatoms. The van der Waals surface area contributed by atoms with E-state index in [2.05, 4.69) is 16.7 Å². The van der Waals surface area contributed by atoms with Crippen molar-refractivity contribution < 1.29 is 14.3 Å². The number of amides is 1. The summed E-state index contributed by atoms with van der Waals surface area (Å²) < 4.78 is 4.77. The molecule has 0 unspecified atom stereocenters. The number of rotatable bonds is 4. The van der Waals surface area contributed by atoms with E-state index < -0.39 is 5.97 Å². The maximum absolute atomic E-state index is 12.7. The first-order valence-electron chi connectivity index (χ1n) is 10.0. The van der Waals surface area contributed by atoms with Crippen LogP contribution in [0.1, 0.15) is 65.7 Å². The molecule has 0 saturated heterocycles. The summed E-state index contributed by atoms with van der Waals surface area (Å²) in [4.78, 5) is 25.0. The molecule has 4 aliphatic carbocycles. The van der Waals surface area contributed by atoms with Gasteiger partial charge in [0.2, 0.25) is 5.91 Å². The third-order valence-electron chi connectivity index (χ3n) is 6.81. The van der Waals surface area contributed by atoms with Crippen LogP contribution in [0.25, 0.3) is 0 Å². The SMILES string of the molecule is COC(=O)c1sc(NC(=S)NC(=O)CC23CC4CC(CC(C4)C2)C3)c(C#N)c1C. The molecule has 0 atom stereocenters. The van der Waals surface area contributed by atoms with E-state index in [-0.39, 0.29) is 16.4 Å². The zero-order chi connectivity index (χ0) is 20.8. The molecule has 0 aromatic carbocycles.